The van der Waals surface area contributed by atoms with Gasteiger partial charge in [-0.1, -0.05) is 102 Å². The van der Waals surface area contributed by atoms with Crippen molar-refractivity contribution in [3.8, 4) is 0 Å². The van der Waals surface area contributed by atoms with Crippen LogP contribution in [0, 0.1) is 0 Å². The molecule has 2 aromatic carbocycles. The van der Waals surface area contributed by atoms with Crippen molar-refractivity contribution in [2.45, 2.75) is 47.7 Å². The number of amides is 1. The topological polar surface area (TPSA) is 122 Å². The number of carbonyl (C=O) groups excluding carboxylic acids is 2. The average Bonchev–Trinajstić information content (AvgIpc) is 2.94. The number of ether oxygens (including phenoxy) is 6. The van der Waals surface area contributed by atoms with Crippen LogP contribution in [0.1, 0.15) is 11.1 Å². The van der Waals surface area contributed by atoms with Gasteiger partial charge in [0.15, 0.2) is 6.29 Å². The van der Waals surface area contributed by atoms with Crippen LogP contribution in [-0.2, 0) is 41.6 Å². The molecule has 0 radical (unpaired) electrons. The van der Waals surface area contributed by atoms with Gasteiger partial charge in [-0.15, -0.1) is 6.58 Å². The van der Waals surface area contributed by atoms with Crippen LogP contribution in [0.5, 0.6) is 0 Å². The predicted octanol–water partition coefficient (Wildman–Crippen LogP) is 4.68. The third kappa shape index (κ3) is 10.8. The molecule has 3 rings (SSSR count). The lowest BCUT2D eigenvalue weighted by molar-refractivity contribution is -0.275. The molecule has 13 heteroatoms. The number of alkyl carbamates (subject to hydrolysis) is 1. The number of aliphatic hydroxyl groups is 1. The summed E-state index contributed by atoms with van der Waals surface area (Å²) in [7, 11) is 0. The van der Waals surface area contributed by atoms with Gasteiger partial charge in [0, 0.05) is 0 Å². The van der Waals surface area contributed by atoms with E-state index in [1.54, 1.807) is 12.1 Å². The van der Waals surface area contributed by atoms with Crippen LogP contribution in [0.4, 0.5) is 9.59 Å². The number of rotatable bonds is 12. The van der Waals surface area contributed by atoms with Crippen molar-refractivity contribution in [1.82, 2.24) is 5.32 Å². The normalized spacial score (nSPS) is 22.6. The monoisotopic (exact) mass is 617 g/mol. The maximum Gasteiger partial charge on any atom is 0.508 e. The molecule has 5 atom stereocenters. The van der Waals surface area contributed by atoms with Gasteiger partial charge in [-0.2, -0.15) is 0 Å². The third-order valence-electron chi connectivity index (χ3n) is 5.55. The van der Waals surface area contributed by atoms with E-state index in [-0.39, 0.29) is 19.8 Å². The van der Waals surface area contributed by atoms with Crippen molar-refractivity contribution >= 4 is 47.1 Å². The molecule has 0 saturated carbocycles. The fourth-order valence-corrected chi connectivity index (χ4v) is 3.88. The Bertz CT molecular complexity index is 1070. The van der Waals surface area contributed by atoms with Crippen LogP contribution in [-0.4, -0.2) is 71.6 Å². The molecular formula is C27H30Cl3NO9. The van der Waals surface area contributed by atoms with Gasteiger partial charge in [-0.05, 0) is 11.1 Å². The molecule has 40 heavy (non-hydrogen) atoms. The maximum absolute atomic E-state index is 12.5. The van der Waals surface area contributed by atoms with Crippen LogP contribution >= 0.6 is 34.8 Å². The predicted molar refractivity (Wildman–Crippen MR) is 147 cm³/mol. The first-order valence-corrected chi connectivity index (χ1v) is 13.3. The lowest BCUT2D eigenvalue weighted by Crippen LogP contribution is -2.65. The minimum absolute atomic E-state index is 0.00390. The van der Waals surface area contributed by atoms with Crippen molar-refractivity contribution in [1.29, 1.82) is 0 Å². The highest BCUT2D eigenvalue weighted by Gasteiger charge is 2.48. The van der Waals surface area contributed by atoms with E-state index >= 15 is 0 Å². The average molecular weight is 619 g/mol. The Labute approximate surface area is 247 Å². The number of nitrogens with one attached hydrogen (secondary N) is 1. The Balaban J connectivity index is 1.71. The number of hydrogen-bond donors (Lipinski definition) is 2. The molecule has 1 amide bonds. The summed E-state index contributed by atoms with van der Waals surface area (Å²) in [5, 5.41) is 13.8. The minimum Gasteiger partial charge on any atom is -0.445 e. The standard InChI is InChI=1S/C27H30Cl3NO9/c1-2-13-35-24-21(31-25(33)39-17-27(28,29)30)23(36-14-18-9-5-3-6-10-18)22(32)20(40-24)16-38-26(34)37-15-19-11-7-4-8-12-19/h2-12,20-24,32H,1,13-17H2,(H,31,33)/t20-,21-,22-,23-,24+/m1/s1. The summed E-state index contributed by atoms with van der Waals surface area (Å²) in [6.45, 7) is 2.80. The Hall–Kier alpha value is -2.57. The first kappa shape index (κ1) is 32.0. The second kappa shape index (κ2) is 16.0. The fraction of sp³-hybridized carbons (Fsp3) is 0.407. The largest absolute Gasteiger partial charge is 0.508 e. The van der Waals surface area contributed by atoms with E-state index in [2.05, 4.69) is 11.9 Å². The molecule has 218 valence electrons. The first-order valence-electron chi connectivity index (χ1n) is 12.2. The molecule has 0 aliphatic carbocycles. The Morgan fingerprint density at radius 2 is 1.57 bits per heavy atom. The summed E-state index contributed by atoms with van der Waals surface area (Å²) in [6, 6.07) is 17.1. The lowest BCUT2D eigenvalue weighted by Gasteiger charge is -2.44. The van der Waals surface area contributed by atoms with E-state index in [4.69, 9.17) is 63.2 Å². The van der Waals surface area contributed by atoms with Gasteiger partial charge >= 0.3 is 12.2 Å². The molecule has 2 aromatic rings. The van der Waals surface area contributed by atoms with Crippen molar-refractivity contribution < 1.29 is 43.1 Å². The third-order valence-corrected chi connectivity index (χ3v) is 5.88. The van der Waals surface area contributed by atoms with Crippen LogP contribution in [0.15, 0.2) is 73.3 Å². The van der Waals surface area contributed by atoms with Crippen molar-refractivity contribution in [3.63, 3.8) is 0 Å². The van der Waals surface area contributed by atoms with Gasteiger partial charge in [-0.3, -0.25) is 0 Å². The maximum atomic E-state index is 12.5. The lowest BCUT2D eigenvalue weighted by atomic mass is 9.96. The van der Waals surface area contributed by atoms with E-state index in [0.29, 0.717) is 0 Å². The summed E-state index contributed by atoms with van der Waals surface area (Å²) < 4.78 is 31.1. The fourth-order valence-electron chi connectivity index (χ4n) is 3.71. The van der Waals surface area contributed by atoms with Gasteiger partial charge in [-0.25, -0.2) is 9.59 Å². The summed E-state index contributed by atoms with van der Waals surface area (Å²) in [6.07, 6.45) is -5.21. The van der Waals surface area contributed by atoms with Gasteiger partial charge in [0.05, 0.1) is 13.2 Å². The van der Waals surface area contributed by atoms with Crippen molar-refractivity contribution in [3.05, 3.63) is 84.4 Å². The second-order valence-electron chi connectivity index (χ2n) is 8.61. The molecule has 2 N–H and O–H groups in total. The number of carbonyl (C=O) groups is 2. The summed E-state index contributed by atoms with van der Waals surface area (Å²) in [5.74, 6) is 0. The molecule has 0 unspecified atom stereocenters. The zero-order valence-electron chi connectivity index (χ0n) is 21.3. The molecule has 0 spiro atoms. The van der Waals surface area contributed by atoms with Crippen molar-refractivity contribution in [2.24, 2.45) is 0 Å². The van der Waals surface area contributed by atoms with Gasteiger partial charge in [0.1, 0.15) is 44.2 Å². The minimum atomic E-state index is -1.83. The van der Waals surface area contributed by atoms with Crippen molar-refractivity contribution in [2.75, 3.05) is 19.8 Å². The molecule has 0 aromatic heterocycles. The molecule has 10 nitrogen and oxygen atoms in total. The van der Waals surface area contributed by atoms with E-state index in [9.17, 15) is 14.7 Å². The number of halogens is 3. The smallest absolute Gasteiger partial charge is 0.445 e. The van der Waals surface area contributed by atoms with Gasteiger partial charge < -0.3 is 38.8 Å². The summed E-state index contributed by atoms with van der Waals surface area (Å²) in [4.78, 5) is 24.7. The quantitative estimate of drug-likeness (QED) is 0.198. The van der Waals surface area contributed by atoms with E-state index < -0.39 is 59.9 Å². The SMILES string of the molecule is C=CCO[C@H]1O[C@H](COC(=O)OCc2ccccc2)[C@@H](O)[C@H](OCc2ccccc2)[C@H]1NC(=O)OCC(Cl)(Cl)Cl. The highest BCUT2D eigenvalue weighted by molar-refractivity contribution is 6.67. The zero-order valence-corrected chi connectivity index (χ0v) is 23.6. The Morgan fingerprint density at radius 3 is 2.17 bits per heavy atom. The van der Waals surface area contributed by atoms with Gasteiger partial charge in [0.25, 0.3) is 0 Å². The molecule has 1 aliphatic heterocycles. The second-order valence-corrected chi connectivity index (χ2v) is 11.1. The van der Waals surface area contributed by atoms with Crippen LogP contribution in [0.3, 0.4) is 0 Å². The molecular weight excluding hydrogens is 589 g/mol. The van der Waals surface area contributed by atoms with Crippen LogP contribution < -0.4 is 5.32 Å². The number of alkyl halides is 3. The zero-order chi connectivity index (χ0) is 29.0. The first-order chi connectivity index (χ1) is 19.2. The number of benzene rings is 2. The van der Waals surface area contributed by atoms with Crippen LogP contribution in [0.25, 0.3) is 0 Å². The van der Waals surface area contributed by atoms with E-state index in [1.807, 2.05) is 48.5 Å². The Kier molecular flexibility index (Phi) is 12.8. The molecule has 0 bridgehead atoms. The molecule has 1 saturated heterocycles. The highest BCUT2D eigenvalue weighted by atomic mass is 35.6. The van der Waals surface area contributed by atoms with E-state index in [1.165, 1.54) is 6.08 Å². The summed E-state index contributed by atoms with van der Waals surface area (Å²) >= 11 is 17.0. The molecule has 1 fully saturated rings. The molecule has 1 aliphatic rings. The highest BCUT2D eigenvalue weighted by Crippen LogP contribution is 2.28. The van der Waals surface area contributed by atoms with E-state index in [0.717, 1.165) is 11.1 Å². The van der Waals surface area contributed by atoms with Gasteiger partial charge in [0.2, 0.25) is 3.79 Å². The molecule has 1 heterocycles. The number of hydrogen-bond acceptors (Lipinski definition) is 9. The summed E-state index contributed by atoms with van der Waals surface area (Å²) in [5.41, 5.74) is 1.58. The number of aliphatic hydroxyl groups excluding tert-OH is 1. The Morgan fingerprint density at radius 1 is 0.950 bits per heavy atom. The van der Waals surface area contributed by atoms with Crippen LogP contribution in [0.2, 0.25) is 0 Å².